The van der Waals surface area contributed by atoms with E-state index in [0.717, 1.165) is 18.8 Å². The van der Waals surface area contributed by atoms with E-state index < -0.39 is 5.97 Å². The van der Waals surface area contributed by atoms with Crippen LogP contribution in [0.3, 0.4) is 0 Å². The topological polar surface area (TPSA) is 57.6 Å². The van der Waals surface area contributed by atoms with Crippen molar-refractivity contribution in [3.8, 4) is 0 Å². The third-order valence-electron chi connectivity index (χ3n) is 4.37. The van der Waals surface area contributed by atoms with Crippen molar-refractivity contribution < 1.29 is 14.7 Å². The van der Waals surface area contributed by atoms with Crippen LogP contribution >= 0.6 is 0 Å². The number of rotatable bonds is 7. The number of hydrogen-bond acceptors (Lipinski definition) is 2. The summed E-state index contributed by atoms with van der Waals surface area (Å²) in [5, 5.41) is 8.54. The number of amides is 1. The normalized spacial score (nSPS) is 23.1. The first kappa shape index (κ1) is 16.0. The molecular weight excluding hydrogens is 242 g/mol. The van der Waals surface area contributed by atoms with Crippen LogP contribution < -0.4 is 0 Å². The van der Waals surface area contributed by atoms with Gasteiger partial charge < -0.3 is 10.0 Å². The van der Waals surface area contributed by atoms with Crippen LogP contribution in [-0.4, -0.2) is 35.0 Å². The predicted molar refractivity (Wildman–Crippen MR) is 74.9 cm³/mol. The summed E-state index contributed by atoms with van der Waals surface area (Å²) >= 11 is 0. The molecule has 0 heterocycles. The highest BCUT2D eigenvalue weighted by Gasteiger charge is 2.25. The molecule has 0 atom stereocenters. The monoisotopic (exact) mass is 269 g/mol. The minimum Gasteiger partial charge on any atom is -0.481 e. The lowest BCUT2D eigenvalue weighted by molar-refractivity contribution is -0.137. The Morgan fingerprint density at radius 1 is 1.11 bits per heavy atom. The summed E-state index contributed by atoms with van der Waals surface area (Å²) < 4.78 is 0. The minimum atomic E-state index is -0.779. The van der Waals surface area contributed by atoms with E-state index in [-0.39, 0.29) is 12.3 Å². The molecule has 0 bridgehead atoms. The van der Waals surface area contributed by atoms with Crippen molar-refractivity contribution in [2.45, 2.75) is 70.8 Å². The molecule has 19 heavy (non-hydrogen) atoms. The van der Waals surface area contributed by atoms with Crippen molar-refractivity contribution in [3.63, 3.8) is 0 Å². The van der Waals surface area contributed by atoms with E-state index in [1.165, 1.54) is 19.3 Å². The minimum absolute atomic E-state index is 0.165. The van der Waals surface area contributed by atoms with Gasteiger partial charge in [-0.05, 0) is 44.4 Å². The fraction of sp³-hybridized carbons (Fsp3) is 0.867. The Kier molecular flexibility index (Phi) is 6.89. The first-order valence-electron chi connectivity index (χ1n) is 7.52. The number of carbonyl (C=O) groups excluding carboxylic acids is 1. The molecule has 4 nitrogen and oxygen atoms in total. The van der Waals surface area contributed by atoms with Gasteiger partial charge in [-0.1, -0.05) is 13.3 Å². The van der Waals surface area contributed by atoms with Crippen LogP contribution in [0.2, 0.25) is 0 Å². The maximum atomic E-state index is 12.0. The summed E-state index contributed by atoms with van der Waals surface area (Å²) in [7, 11) is 1.90. The summed E-state index contributed by atoms with van der Waals surface area (Å²) in [5.41, 5.74) is 0. The summed E-state index contributed by atoms with van der Waals surface area (Å²) in [6.07, 6.45) is 7.88. The summed E-state index contributed by atoms with van der Waals surface area (Å²) in [6.45, 7) is 2.24. The van der Waals surface area contributed by atoms with Gasteiger partial charge in [0.05, 0.1) is 0 Å². The maximum Gasteiger partial charge on any atom is 0.303 e. The SMILES string of the molecule is CCC1CCC(N(C)C(=O)CCCCC(=O)O)CC1. The van der Waals surface area contributed by atoms with Crippen molar-refractivity contribution in [3.05, 3.63) is 0 Å². The Morgan fingerprint density at radius 3 is 2.21 bits per heavy atom. The zero-order valence-corrected chi connectivity index (χ0v) is 12.2. The van der Waals surface area contributed by atoms with E-state index in [1.807, 2.05) is 11.9 Å². The smallest absolute Gasteiger partial charge is 0.303 e. The second-order valence-electron chi connectivity index (χ2n) is 5.69. The Labute approximate surface area is 116 Å². The molecule has 0 spiro atoms. The standard InChI is InChI=1S/C15H27NO3/c1-3-12-8-10-13(11-9-12)16(2)14(17)6-4-5-7-15(18)19/h12-13H,3-11H2,1-2H3,(H,18,19). The van der Waals surface area contributed by atoms with Gasteiger partial charge in [0, 0.05) is 25.9 Å². The number of aliphatic carboxylic acids is 1. The van der Waals surface area contributed by atoms with E-state index in [1.54, 1.807) is 0 Å². The van der Waals surface area contributed by atoms with Crippen LogP contribution in [0, 0.1) is 5.92 Å². The average molecular weight is 269 g/mol. The second-order valence-corrected chi connectivity index (χ2v) is 5.69. The lowest BCUT2D eigenvalue weighted by atomic mass is 9.84. The lowest BCUT2D eigenvalue weighted by Gasteiger charge is -2.34. The Balaban J connectivity index is 2.23. The summed E-state index contributed by atoms with van der Waals surface area (Å²) in [5.74, 6) is 0.236. The van der Waals surface area contributed by atoms with E-state index in [2.05, 4.69) is 6.92 Å². The molecule has 0 aliphatic heterocycles. The highest BCUT2D eigenvalue weighted by Crippen LogP contribution is 2.29. The molecule has 1 aliphatic rings. The molecule has 110 valence electrons. The molecule has 4 heteroatoms. The predicted octanol–water partition coefficient (Wildman–Crippen LogP) is 3.06. The van der Waals surface area contributed by atoms with Gasteiger partial charge in [-0.25, -0.2) is 0 Å². The van der Waals surface area contributed by atoms with Crippen LogP contribution in [0.25, 0.3) is 0 Å². The van der Waals surface area contributed by atoms with Crippen molar-refractivity contribution in [1.82, 2.24) is 4.90 Å². The molecule has 0 unspecified atom stereocenters. The van der Waals surface area contributed by atoms with Gasteiger partial charge in [-0.2, -0.15) is 0 Å². The fourth-order valence-electron chi connectivity index (χ4n) is 2.87. The number of carboxylic acid groups (broad SMARTS) is 1. The lowest BCUT2D eigenvalue weighted by Crippen LogP contribution is -2.39. The number of hydrogen-bond donors (Lipinski definition) is 1. The zero-order valence-electron chi connectivity index (χ0n) is 12.2. The molecule has 0 aromatic carbocycles. The van der Waals surface area contributed by atoms with Gasteiger partial charge in [-0.15, -0.1) is 0 Å². The van der Waals surface area contributed by atoms with Gasteiger partial charge in [0.2, 0.25) is 5.91 Å². The zero-order chi connectivity index (χ0) is 14.3. The third kappa shape index (κ3) is 5.62. The highest BCUT2D eigenvalue weighted by molar-refractivity contribution is 5.76. The number of nitrogens with zero attached hydrogens (tertiary/aromatic N) is 1. The van der Waals surface area contributed by atoms with Crippen molar-refractivity contribution in [1.29, 1.82) is 0 Å². The number of carboxylic acids is 1. The highest BCUT2D eigenvalue weighted by atomic mass is 16.4. The average Bonchev–Trinajstić information content (AvgIpc) is 2.42. The fourth-order valence-corrected chi connectivity index (χ4v) is 2.87. The molecule has 0 aromatic heterocycles. The second kappa shape index (κ2) is 8.18. The van der Waals surface area contributed by atoms with Crippen LogP contribution in [-0.2, 0) is 9.59 Å². The van der Waals surface area contributed by atoms with Gasteiger partial charge in [-0.3, -0.25) is 9.59 Å². The quantitative estimate of drug-likeness (QED) is 0.723. The summed E-state index contributed by atoms with van der Waals surface area (Å²) in [6, 6.07) is 0.398. The van der Waals surface area contributed by atoms with Crippen LogP contribution in [0.4, 0.5) is 0 Å². The maximum absolute atomic E-state index is 12.0. The van der Waals surface area contributed by atoms with Crippen molar-refractivity contribution in [2.75, 3.05) is 7.05 Å². The molecule has 1 fully saturated rings. The molecule has 1 amide bonds. The molecule has 1 rings (SSSR count). The van der Waals surface area contributed by atoms with Crippen LogP contribution in [0.5, 0.6) is 0 Å². The summed E-state index contributed by atoms with van der Waals surface area (Å²) in [4.78, 5) is 24.3. The van der Waals surface area contributed by atoms with E-state index >= 15 is 0 Å². The molecule has 0 aromatic rings. The van der Waals surface area contributed by atoms with Crippen molar-refractivity contribution in [2.24, 2.45) is 5.92 Å². The van der Waals surface area contributed by atoms with Crippen LogP contribution in [0.15, 0.2) is 0 Å². The first-order valence-corrected chi connectivity index (χ1v) is 7.52. The van der Waals surface area contributed by atoms with Gasteiger partial charge in [0.1, 0.15) is 0 Å². The van der Waals surface area contributed by atoms with Crippen LogP contribution in [0.1, 0.15) is 64.7 Å². The van der Waals surface area contributed by atoms with Gasteiger partial charge in [0.25, 0.3) is 0 Å². The molecule has 0 radical (unpaired) electrons. The van der Waals surface area contributed by atoms with Gasteiger partial charge in [0.15, 0.2) is 0 Å². The third-order valence-corrected chi connectivity index (χ3v) is 4.37. The molecule has 0 saturated heterocycles. The molecule has 1 aliphatic carbocycles. The molecule has 1 N–H and O–H groups in total. The van der Waals surface area contributed by atoms with E-state index in [9.17, 15) is 9.59 Å². The Morgan fingerprint density at radius 2 is 1.68 bits per heavy atom. The van der Waals surface area contributed by atoms with Crippen molar-refractivity contribution >= 4 is 11.9 Å². The molecule has 1 saturated carbocycles. The number of carbonyl (C=O) groups is 2. The largest absolute Gasteiger partial charge is 0.481 e. The Hall–Kier alpha value is -1.06. The van der Waals surface area contributed by atoms with Gasteiger partial charge >= 0.3 is 5.97 Å². The molecular formula is C15H27NO3. The van der Waals surface area contributed by atoms with E-state index in [4.69, 9.17) is 5.11 Å². The Bertz CT molecular complexity index is 296. The first-order chi connectivity index (χ1) is 9.04. The number of unbranched alkanes of at least 4 members (excludes halogenated alkanes) is 1. The van der Waals surface area contributed by atoms with E-state index in [0.29, 0.717) is 25.3 Å².